The fourth-order valence-corrected chi connectivity index (χ4v) is 2.26. The van der Waals surface area contributed by atoms with Gasteiger partial charge in [0.05, 0.1) is 11.3 Å². The van der Waals surface area contributed by atoms with Gasteiger partial charge in [-0.1, -0.05) is 29.3 Å². The number of hydrogen-bond acceptors (Lipinski definition) is 2. The predicted molar refractivity (Wildman–Crippen MR) is 73.7 cm³/mol. The summed E-state index contributed by atoms with van der Waals surface area (Å²) in [6, 6.07) is 3.69. The molecule has 1 rings (SSSR count). The van der Waals surface area contributed by atoms with Crippen LogP contribution in [0.5, 0.6) is 0 Å². The first-order valence-corrected chi connectivity index (χ1v) is 6.82. The minimum absolute atomic E-state index is 0.0458. The van der Waals surface area contributed by atoms with E-state index >= 15 is 0 Å². The Bertz CT molecular complexity index is 393. The number of aryl methyl sites for hydroxylation is 2. The third-order valence-electron chi connectivity index (χ3n) is 2.56. The fraction of sp³-hybridized carbons (Fsp3) is 0.538. The second-order valence-corrected chi connectivity index (χ2v) is 5.48. The number of alkyl halides is 1. The second-order valence-electron chi connectivity index (χ2n) is 4.18. The van der Waals surface area contributed by atoms with E-state index in [1.807, 2.05) is 26.0 Å². The highest BCUT2D eigenvalue weighted by Crippen LogP contribution is 2.09. The molecule has 1 unspecified atom stereocenters. The maximum atomic E-state index is 11.9. The molecule has 1 heterocycles. The zero-order valence-electron chi connectivity index (χ0n) is 10.6. The van der Waals surface area contributed by atoms with Crippen molar-refractivity contribution in [3.63, 3.8) is 0 Å². The summed E-state index contributed by atoms with van der Waals surface area (Å²) in [5, 5.41) is 2.92. The summed E-state index contributed by atoms with van der Waals surface area (Å²) in [5.41, 5.74) is 2.37. The zero-order valence-corrected chi connectivity index (χ0v) is 12.2. The first kappa shape index (κ1) is 14.2. The molecule has 0 saturated heterocycles. The zero-order chi connectivity index (χ0) is 12.8. The molecule has 1 aromatic heterocycles. The molecule has 94 valence electrons. The number of pyridine rings is 1. The summed E-state index contributed by atoms with van der Waals surface area (Å²) < 4.78 is 0. The average molecular weight is 299 g/mol. The lowest BCUT2D eigenvalue weighted by molar-refractivity contribution is 0.0952. The number of rotatable bonds is 5. The predicted octanol–water partition coefficient (Wildman–Crippen LogP) is 2.99. The normalized spacial score (nSPS) is 12.2. The van der Waals surface area contributed by atoms with Crippen LogP contribution in [0.25, 0.3) is 0 Å². The van der Waals surface area contributed by atoms with Crippen LogP contribution in [0.3, 0.4) is 0 Å². The maximum Gasteiger partial charge on any atom is 0.253 e. The Morgan fingerprint density at radius 3 is 2.76 bits per heavy atom. The van der Waals surface area contributed by atoms with Crippen molar-refractivity contribution < 1.29 is 4.79 Å². The van der Waals surface area contributed by atoms with Gasteiger partial charge in [0.25, 0.3) is 5.91 Å². The van der Waals surface area contributed by atoms with Crippen molar-refractivity contribution in [3.8, 4) is 0 Å². The topological polar surface area (TPSA) is 42.0 Å². The summed E-state index contributed by atoms with van der Waals surface area (Å²) in [7, 11) is 0. The van der Waals surface area contributed by atoms with Crippen molar-refractivity contribution in [3.05, 3.63) is 29.1 Å². The molecule has 0 aromatic carbocycles. The van der Waals surface area contributed by atoms with E-state index in [0.717, 1.165) is 24.2 Å². The van der Waals surface area contributed by atoms with E-state index in [1.54, 1.807) is 0 Å². The Labute approximate surface area is 111 Å². The molecule has 4 heteroatoms. The molecule has 0 aliphatic heterocycles. The van der Waals surface area contributed by atoms with E-state index in [4.69, 9.17) is 0 Å². The molecule has 1 amide bonds. The quantitative estimate of drug-likeness (QED) is 0.849. The van der Waals surface area contributed by atoms with Crippen LogP contribution < -0.4 is 5.32 Å². The number of hydrogen-bond donors (Lipinski definition) is 1. The van der Waals surface area contributed by atoms with Gasteiger partial charge < -0.3 is 5.32 Å². The van der Waals surface area contributed by atoms with Crippen molar-refractivity contribution in [2.45, 2.75) is 38.4 Å². The van der Waals surface area contributed by atoms with Gasteiger partial charge in [0.1, 0.15) is 0 Å². The van der Waals surface area contributed by atoms with Crippen LogP contribution >= 0.6 is 15.9 Å². The van der Waals surface area contributed by atoms with Gasteiger partial charge in [-0.05, 0) is 32.4 Å². The molecule has 0 saturated carbocycles. The highest BCUT2D eigenvalue weighted by molar-refractivity contribution is 9.09. The van der Waals surface area contributed by atoms with Crippen LogP contribution in [0.15, 0.2) is 12.1 Å². The number of halogens is 1. The number of nitrogens with zero attached hydrogens (tertiary/aromatic N) is 1. The first-order valence-electron chi connectivity index (χ1n) is 5.91. The number of amides is 1. The van der Waals surface area contributed by atoms with Gasteiger partial charge in [-0.15, -0.1) is 0 Å². The lowest BCUT2D eigenvalue weighted by Crippen LogP contribution is -2.30. The minimum atomic E-state index is -0.0458. The standard InChI is InChI=1S/C13H19BrN2O/c1-4-5-11(14)8-15-13(17)12-7-6-9(2)16-10(12)3/h6-7,11H,4-5,8H2,1-3H3,(H,15,17). The molecule has 1 N–H and O–H groups in total. The Morgan fingerprint density at radius 1 is 1.47 bits per heavy atom. The lowest BCUT2D eigenvalue weighted by Gasteiger charge is -2.11. The Kier molecular flexibility index (Phi) is 5.62. The molecule has 0 fully saturated rings. The van der Waals surface area contributed by atoms with Crippen LogP contribution in [0.1, 0.15) is 41.5 Å². The van der Waals surface area contributed by atoms with Gasteiger partial charge in [0.2, 0.25) is 0 Å². The number of carbonyl (C=O) groups excluding carboxylic acids is 1. The van der Waals surface area contributed by atoms with E-state index < -0.39 is 0 Å². The maximum absolute atomic E-state index is 11.9. The van der Waals surface area contributed by atoms with Gasteiger partial charge in [-0.25, -0.2) is 0 Å². The lowest BCUT2D eigenvalue weighted by atomic mass is 10.1. The fourth-order valence-electron chi connectivity index (χ4n) is 1.64. The largest absolute Gasteiger partial charge is 0.351 e. The monoisotopic (exact) mass is 298 g/mol. The van der Waals surface area contributed by atoms with Gasteiger partial charge in [0, 0.05) is 17.1 Å². The molecule has 0 bridgehead atoms. The minimum Gasteiger partial charge on any atom is -0.351 e. The molecular formula is C13H19BrN2O. The van der Waals surface area contributed by atoms with Gasteiger partial charge >= 0.3 is 0 Å². The smallest absolute Gasteiger partial charge is 0.253 e. The molecule has 3 nitrogen and oxygen atoms in total. The Hall–Kier alpha value is -0.900. The van der Waals surface area contributed by atoms with Crippen molar-refractivity contribution in [2.24, 2.45) is 0 Å². The summed E-state index contributed by atoms with van der Waals surface area (Å²) in [6.45, 7) is 6.56. The number of aromatic nitrogens is 1. The van der Waals surface area contributed by atoms with Crippen LogP contribution in [0, 0.1) is 13.8 Å². The summed E-state index contributed by atoms with van der Waals surface area (Å²) in [5.74, 6) is -0.0458. The van der Waals surface area contributed by atoms with Crippen molar-refractivity contribution in [1.29, 1.82) is 0 Å². The molecule has 0 radical (unpaired) electrons. The molecule has 0 aliphatic carbocycles. The van der Waals surface area contributed by atoms with E-state index in [2.05, 4.69) is 33.2 Å². The summed E-state index contributed by atoms with van der Waals surface area (Å²) >= 11 is 3.54. The number of carbonyl (C=O) groups is 1. The van der Waals surface area contributed by atoms with E-state index in [-0.39, 0.29) is 5.91 Å². The average Bonchev–Trinajstić information content (AvgIpc) is 2.26. The third-order valence-corrected chi connectivity index (χ3v) is 3.34. The SMILES string of the molecule is CCCC(Br)CNC(=O)c1ccc(C)nc1C. The van der Waals surface area contributed by atoms with Crippen molar-refractivity contribution in [2.75, 3.05) is 6.54 Å². The summed E-state index contributed by atoms with van der Waals surface area (Å²) in [4.78, 5) is 16.5. The van der Waals surface area contributed by atoms with Crippen LogP contribution in [0.2, 0.25) is 0 Å². The van der Waals surface area contributed by atoms with Gasteiger partial charge in [0.15, 0.2) is 0 Å². The summed E-state index contributed by atoms with van der Waals surface area (Å²) in [6.07, 6.45) is 2.17. The molecule has 1 atom stereocenters. The van der Waals surface area contributed by atoms with Crippen molar-refractivity contribution in [1.82, 2.24) is 10.3 Å². The van der Waals surface area contributed by atoms with Gasteiger partial charge in [-0.3, -0.25) is 9.78 Å². The van der Waals surface area contributed by atoms with E-state index in [1.165, 1.54) is 0 Å². The highest BCUT2D eigenvalue weighted by atomic mass is 79.9. The molecule has 0 aliphatic rings. The molecule has 17 heavy (non-hydrogen) atoms. The molecule has 0 spiro atoms. The second kappa shape index (κ2) is 6.74. The molecule has 1 aromatic rings. The molecular weight excluding hydrogens is 280 g/mol. The van der Waals surface area contributed by atoms with Crippen molar-refractivity contribution >= 4 is 21.8 Å². The number of nitrogens with one attached hydrogen (secondary N) is 1. The first-order chi connectivity index (χ1) is 8.04. The Morgan fingerprint density at radius 2 is 2.18 bits per heavy atom. The van der Waals surface area contributed by atoms with E-state index in [0.29, 0.717) is 16.9 Å². The van der Waals surface area contributed by atoms with Crippen LogP contribution in [-0.2, 0) is 0 Å². The van der Waals surface area contributed by atoms with Gasteiger partial charge in [-0.2, -0.15) is 0 Å². The van der Waals surface area contributed by atoms with E-state index in [9.17, 15) is 4.79 Å². The van der Waals surface area contributed by atoms with Crippen LogP contribution in [-0.4, -0.2) is 22.3 Å². The third kappa shape index (κ3) is 4.46. The Balaban J connectivity index is 2.58. The van der Waals surface area contributed by atoms with Crippen LogP contribution in [0.4, 0.5) is 0 Å². The highest BCUT2D eigenvalue weighted by Gasteiger charge is 2.11.